The van der Waals surface area contributed by atoms with E-state index in [1.54, 1.807) is 13.3 Å². The lowest BCUT2D eigenvalue weighted by atomic mass is 10.1. The number of carbonyl (C=O) groups is 1. The van der Waals surface area contributed by atoms with Crippen LogP contribution in [0.15, 0.2) is 36.7 Å². The summed E-state index contributed by atoms with van der Waals surface area (Å²) in [4.78, 5) is 21.4. The number of amides is 1. The SMILES string of the molecule is CCc1nccn1CCC(=O)N1CCN(c2ccccc2OC)C[C@@H]1C. The van der Waals surface area contributed by atoms with E-state index in [0.29, 0.717) is 13.0 Å². The zero-order chi connectivity index (χ0) is 18.5. The van der Waals surface area contributed by atoms with Crippen molar-refractivity contribution >= 4 is 11.6 Å². The molecule has 0 bridgehead atoms. The second-order valence-corrected chi connectivity index (χ2v) is 6.69. The third-order valence-corrected chi connectivity index (χ3v) is 5.06. The van der Waals surface area contributed by atoms with Crippen LogP contribution in [0.2, 0.25) is 0 Å². The summed E-state index contributed by atoms with van der Waals surface area (Å²) in [5.41, 5.74) is 1.10. The summed E-state index contributed by atoms with van der Waals surface area (Å²) in [7, 11) is 1.70. The monoisotopic (exact) mass is 356 g/mol. The molecule has 1 aliphatic rings. The van der Waals surface area contributed by atoms with Gasteiger partial charge in [0, 0.05) is 57.5 Å². The zero-order valence-corrected chi connectivity index (χ0v) is 15.9. The molecule has 6 heteroatoms. The number of imidazole rings is 1. The molecule has 1 saturated heterocycles. The number of aryl methyl sites for hydroxylation is 2. The third-order valence-electron chi connectivity index (χ3n) is 5.06. The molecule has 1 aliphatic heterocycles. The predicted octanol–water partition coefficient (Wildman–Crippen LogP) is 2.58. The molecule has 0 aliphatic carbocycles. The predicted molar refractivity (Wildman–Crippen MR) is 103 cm³/mol. The number of anilines is 1. The highest BCUT2D eigenvalue weighted by molar-refractivity contribution is 5.77. The van der Waals surface area contributed by atoms with Crippen LogP contribution in [0.25, 0.3) is 0 Å². The Balaban J connectivity index is 1.59. The highest BCUT2D eigenvalue weighted by Crippen LogP contribution is 2.29. The highest BCUT2D eigenvalue weighted by atomic mass is 16.5. The largest absolute Gasteiger partial charge is 0.495 e. The van der Waals surface area contributed by atoms with Gasteiger partial charge in [-0.2, -0.15) is 0 Å². The van der Waals surface area contributed by atoms with Crippen LogP contribution in [-0.4, -0.2) is 53.1 Å². The molecule has 0 radical (unpaired) electrons. The number of aromatic nitrogens is 2. The van der Waals surface area contributed by atoms with Crippen molar-refractivity contribution in [3.63, 3.8) is 0 Å². The molecule has 0 saturated carbocycles. The minimum atomic E-state index is 0.176. The summed E-state index contributed by atoms with van der Waals surface area (Å²) in [5, 5.41) is 0. The fraction of sp³-hybridized carbons (Fsp3) is 0.500. The molecule has 0 N–H and O–H groups in total. The van der Waals surface area contributed by atoms with Gasteiger partial charge in [-0.3, -0.25) is 4.79 Å². The van der Waals surface area contributed by atoms with Crippen LogP contribution in [0, 0.1) is 0 Å². The molecule has 1 atom stereocenters. The lowest BCUT2D eigenvalue weighted by molar-refractivity contribution is -0.133. The smallest absolute Gasteiger partial charge is 0.224 e. The van der Waals surface area contributed by atoms with Crippen LogP contribution in [0.3, 0.4) is 0 Å². The Hall–Kier alpha value is -2.50. The van der Waals surface area contributed by atoms with E-state index in [2.05, 4.69) is 34.4 Å². The number of piperazine rings is 1. The van der Waals surface area contributed by atoms with Crippen molar-refractivity contribution in [3.05, 3.63) is 42.5 Å². The number of methoxy groups -OCH3 is 1. The number of hydrogen-bond acceptors (Lipinski definition) is 4. The maximum Gasteiger partial charge on any atom is 0.224 e. The van der Waals surface area contributed by atoms with E-state index < -0.39 is 0 Å². The first-order valence-corrected chi connectivity index (χ1v) is 9.31. The molecule has 3 rings (SSSR count). The Kier molecular flexibility index (Phi) is 5.81. The average molecular weight is 356 g/mol. The van der Waals surface area contributed by atoms with Crippen LogP contribution in [0.1, 0.15) is 26.1 Å². The van der Waals surface area contributed by atoms with Crippen molar-refractivity contribution in [2.45, 2.75) is 39.3 Å². The number of hydrogen-bond donors (Lipinski definition) is 0. The number of carbonyl (C=O) groups excluding carboxylic acids is 1. The van der Waals surface area contributed by atoms with Crippen LogP contribution in [0.5, 0.6) is 5.75 Å². The lowest BCUT2D eigenvalue weighted by Crippen LogP contribution is -2.54. The van der Waals surface area contributed by atoms with Crippen molar-refractivity contribution in [3.8, 4) is 5.75 Å². The number of nitrogens with zero attached hydrogens (tertiary/aromatic N) is 4. The number of benzene rings is 1. The fourth-order valence-corrected chi connectivity index (χ4v) is 3.66. The molecular weight excluding hydrogens is 328 g/mol. The van der Waals surface area contributed by atoms with Gasteiger partial charge in [-0.25, -0.2) is 4.98 Å². The van der Waals surface area contributed by atoms with Crippen LogP contribution < -0.4 is 9.64 Å². The van der Waals surface area contributed by atoms with E-state index in [0.717, 1.165) is 43.3 Å². The molecule has 0 unspecified atom stereocenters. The minimum Gasteiger partial charge on any atom is -0.495 e. The molecule has 1 fully saturated rings. The van der Waals surface area contributed by atoms with Crippen molar-refractivity contribution < 1.29 is 9.53 Å². The van der Waals surface area contributed by atoms with Gasteiger partial charge in [-0.15, -0.1) is 0 Å². The Bertz CT molecular complexity index is 743. The van der Waals surface area contributed by atoms with Crippen molar-refractivity contribution in [2.24, 2.45) is 0 Å². The van der Waals surface area contributed by atoms with E-state index in [1.165, 1.54) is 0 Å². The first-order valence-electron chi connectivity index (χ1n) is 9.31. The molecule has 26 heavy (non-hydrogen) atoms. The fourth-order valence-electron chi connectivity index (χ4n) is 3.66. The Morgan fingerprint density at radius 1 is 1.31 bits per heavy atom. The average Bonchev–Trinajstić information content (AvgIpc) is 3.13. The van der Waals surface area contributed by atoms with E-state index in [9.17, 15) is 4.79 Å². The summed E-state index contributed by atoms with van der Waals surface area (Å²) in [6.07, 6.45) is 5.16. The van der Waals surface area contributed by atoms with Crippen molar-refractivity contribution in [1.82, 2.24) is 14.5 Å². The summed E-state index contributed by atoms with van der Waals surface area (Å²) in [6, 6.07) is 8.24. The van der Waals surface area contributed by atoms with Gasteiger partial charge in [0.2, 0.25) is 5.91 Å². The molecule has 6 nitrogen and oxygen atoms in total. The second kappa shape index (κ2) is 8.25. The van der Waals surface area contributed by atoms with Gasteiger partial charge in [0.25, 0.3) is 0 Å². The van der Waals surface area contributed by atoms with Gasteiger partial charge in [0.1, 0.15) is 11.6 Å². The summed E-state index contributed by atoms with van der Waals surface area (Å²) in [5.74, 6) is 2.13. The number of rotatable bonds is 6. The Morgan fingerprint density at radius 2 is 2.12 bits per heavy atom. The molecule has 2 aromatic rings. The van der Waals surface area contributed by atoms with E-state index in [4.69, 9.17) is 4.74 Å². The van der Waals surface area contributed by atoms with Crippen LogP contribution >= 0.6 is 0 Å². The summed E-state index contributed by atoms with van der Waals surface area (Å²) in [6.45, 7) is 7.27. The van der Waals surface area contributed by atoms with Crippen molar-refractivity contribution in [1.29, 1.82) is 0 Å². The summed E-state index contributed by atoms with van der Waals surface area (Å²) >= 11 is 0. The second-order valence-electron chi connectivity index (χ2n) is 6.69. The summed E-state index contributed by atoms with van der Waals surface area (Å²) < 4.78 is 7.56. The van der Waals surface area contributed by atoms with Gasteiger partial charge >= 0.3 is 0 Å². The maximum absolute atomic E-state index is 12.7. The van der Waals surface area contributed by atoms with Gasteiger partial charge in [0.05, 0.1) is 12.8 Å². The van der Waals surface area contributed by atoms with E-state index >= 15 is 0 Å². The Labute approximate surface area is 155 Å². The molecule has 1 aromatic heterocycles. The van der Waals surface area contributed by atoms with Gasteiger partial charge in [0.15, 0.2) is 0 Å². The molecular formula is C20H28N4O2. The topological polar surface area (TPSA) is 50.6 Å². The lowest BCUT2D eigenvalue weighted by Gasteiger charge is -2.41. The van der Waals surface area contributed by atoms with E-state index in [-0.39, 0.29) is 11.9 Å². The Morgan fingerprint density at radius 3 is 2.85 bits per heavy atom. The molecule has 140 valence electrons. The molecule has 0 spiro atoms. The van der Waals surface area contributed by atoms with Gasteiger partial charge < -0.3 is 19.1 Å². The maximum atomic E-state index is 12.7. The van der Waals surface area contributed by atoms with Gasteiger partial charge in [-0.05, 0) is 19.1 Å². The highest BCUT2D eigenvalue weighted by Gasteiger charge is 2.28. The number of para-hydroxylation sites is 2. The molecule has 1 aromatic carbocycles. The molecule has 2 heterocycles. The zero-order valence-electron chi connectivity index (χ0n) is 15.9. The number of ether oxygens (including phenoxy) is 1. The quantitative estimate of drug-likeness (QED) is 0.798. The van der Waals surface area contributed by atoms with Crippen molar-refractivity contribution in [2.75, 3.05) is 31.6 Å². The first-order chi connectivity index (χ1) is 12.6. The van der Waals surface area contributed by atoms with E-state index in [1.807, 2.05) is 29.3 Å². The third kappa shape index (κ3) is 3.84. The van der Waals surface area contributed by atoms with Gasteiger partial charge in [-0.1, -0.05) is 19.1 Å². The van der Waals surface area contributed by atoms with Crippen LogP contribution in [-0.2, 0) is 17.8 Å². The normalized spacial score (nSPS) is 17.4. The first kappa shape index (κ1) is 18.3. The van der Waals surface area contributed by atoms with Crippen LogP contribution in [0.4, 0.5) is 5.69 Å². The minimum absolute atomic E-state index is 0.176. The molecule has 1 amide bonds. The standard InChI is InChI=1S/C20H28N4O2/c1-4-19-21-10-12-22(19)11-9-20(25)24-14-13-23(15-16(24)2)17-7-5-6-8-18(17)26-3/h5-8,10,12,16H,4,9,11,13-15H2,1-3H3/t16-/m0/s1.